The minimum Gasteiger partial charge on any atom is -0.283 e. The molecule has 2 bridgehead atoms. The Kier molecular flexibility index (Phi) is 4.16. The standard InChI is InChI=1S/C16H15ClN2S/c17-15-4-2-1-3-14(15)16(10-18)19-7-5-13-9-12(11-19)6-8-20-13/h1-4,6,8-9,12,16H,5,7,11H2. The highest BCUT2D eigenvalue weighted by atomic mass is 35.5. The highest BCUT2D eigenvalue weighted by molar-refractivity contribution is 8.05. The van der Waals surface area contributed by atoms with Crippen molar-refractivity contribution in [3.8, 4) is 6.07 Å². The summed E-state index contributed by atoms with van der Waals surface area (Å²) in [4.78, 5) is 3.65. The maximum Gasteiger partial charge on any atom is 0.125 e. The van der Waals surface area contributed by atoms with Crippen LogP contribution in [0.3, 0.4) is 0 Å². The van der Waals surface area contributed by atoms with Gasteiger partial charge in [-0.3, -0.25) is 4.90 Å². The van der Waals surface area contributed by atoms with Gasteiger partial charge < -0.3 is 0 Å². The molecule has 1 aromatic carbocycles. The number of benzene rings is 1. The molecule has 2 aliphatic rings. The normalized spacial score (nSPS) is 23.6. The molecule has 2 atom stereocenters. The molecule has 4 heteroatoms. The van der Waals surface area contributed by atoms with Crippen LogP contribution >= 0.6 is 23.4 Å². The number of nitrogens with zero attached hydrogens (tertiary/aromatic N) is 2. The second-order valence-corrected chi connectivity index (χ2v) is 6.48. The molecule has 2 nitrogen and oxygen atoms in total. The van der Waals surface area contributed by atoms with Crippen LogP contribution < -0.4 is 0 Å². The van der Waals surface area contributed by atoms with Crippen LogP contribution in [0.5, 0.6) is 0 Å². The van der Waals surface area contributed by atoms with Gasteiger partial charge in [0.1, 0.15) is 6.04 Å². The fraction of sp³-hybridized carbons (Fsp3) is 0.312. The van der Waals surface area contributed by atoms with Crippen LogP contribution in [0.2, 0.25) is 5.02 Å². The van der Waals surface area contributed by atoms with E-state index >= 15 is 0 Å². The molecular formula is C16H15ClN2S. The Labute approximate surface area is 128 Å². The van der Waals surface area contributed by atoms with E-state index in [1.165, 1.54) is 4.91 Å². The average Bonchev–Trinajstić information content (AvgIpc) is 2.60. The van der Waals surface area contributed by atoms with Gasteiger partial charge in [0.2, 0.25) is 0 Å². The van der Waals surface area contributed by atoms with Gasteiger partial charge >= 0.3 is 0 Å². The summed E-state index contributed by atoms with van der Waals surface area (Å²) in [6.07, 6.45) is 5.55. The SMILES string of the molecule is N#CC(c1ccccc1Cl)N1CCC2=CC(C=CS2)C1. The van der Waals surface area contributed by atoms with E-state index in [0.29, 0.717) is 10.9 Å². The van der Waals surface area contributed by atoms with Crippen LogP contribution in [0.25, 0.3) is 0 Å². The maximum absolute atomic E-state index is 9.60. The van der Waals surface area contributed by atoms with E-state index in [1.54, 1.807) is 11.8 Å². The Balaban J connectivity index is 1.86. The number of halogens is 1. The Morgan fingerprint density at radius 1 is 1.40 bits per heavy atom. The van der Waals surface area contributed by atoms with Gasteiger partial charge in [-0.1, -0.05) is 42.0 Å². The molecule has 102 valence electrons. The minimum absolute atomic E-state index is 0.268. The van der Waals surface area contributed by atoms with Gasteiger partial charge in [0.15, 0.2) is 0 Å². The Morgan fingerprint density at radius 2 is 2.25 bits per heavy atom. The molecule has 1 aromatic rings. The van der Waals surface area contributed by atoms with Crippen LogP contribution in [0.1, 0.15) is 18.0 Å². The third kappa shape index (κ3) is 2.78. The van der Waals surface area contributed by atoms with Gasteiger partial charge in [0, 0.05) is 29.6 Å². The van der Waals surface area contributed by atoms with Gasteiger partial charge in [-0.2, -0.15) is 5.26 Å². The molecule has 0 amide bonds. The summed E-state index contributed by atoms with van der Waals surface area (Å²) in [5, 5.41) is 12.4. The van der Waals surface area contributed by atoms with Crippen molar-refractivity contribution in [1.82, 2.24) is 4.90 Å². The lowest BCUT2D eigenvalue weighted by molar-refractivity contribution is 0.234. The summed E-state index contributed by atoms with van der Waals surface area (Å²) in [6, 6.07) is 9.81. The predicted octanol–water partition coefficient (Wildman–Crippen LogP) is 4.37. The van der Waals surface area contributed by atoms with E-state index in [1.807, 2.05) is 24.3 Å². The number of thioether (sulfide) groups is 1. The molecule has 0 aromatic heterocycles. The quantitative estimate of drug-likeness (QED) is 0.811. The number of hydrogen-bond donors (Lipinski definition) is 0. The van der Waals surface area contributed by atoms with E-state index in [0.717, 1.165) is 25.1 Å². The van der Waals surface area contributed by atoms with Gasteiger partial charge in [0.05, 0.1) is 6.07 Å². The Hall–Kier alpha value is -1.21. The zero-order chi connectivity index (χ0) is 13.9. The van der Waals surface area contributed by atoms with Crippen molar-refractivity contribution < 1.29 is 0 Å². The van der Waals surface area contributed by atoms with E-state index in [2.05, 4.69) is 28.5 Å². The summed E-state index contributed by atoms with van der Waals surface area (Å²) >= 11 is 8.06. The first-order valence-electron chi connectivity index (χ1n) is 6.70. The summed E-state index contributed by atoms with van der Waals surface area (Å²) < 4.78 is 0. The lowest BCUT2D eigenvalue weighted by Crippen LogP contribution is -2.31. The highest BCUT2D eigenvalue weighted by Crippen LogP contribution is 2.35. The molecule has 0 N–H and O–H groups in total. The molecule has 0 fully saturated rings. The molecule has 2 unspecified atom stereocenters. The van der Waals surface area contributed by atoms with Gasteiger partial charge in [0.25, 0.3) is 0 Å². The van der Waals surface area contributed by atoms with Gasteiger partial charge in [-0.25, -0.2) is 0 Å². The largest absolute Gasteiger partial charge is 0.283 e. The smallest absolute Gasteiger partial charge is 0.125 e. The summed E-state index contributed by atoms with van der Waals surface area (Å²) in [5.74, 6) is 0.409. The van der Waals surface area contributed by atoms with Crippen LogP contribution in [0.15, 0.2) is 46.7 Å². The number of hydrogen-bond acceptors (Lipinski definition) is 3. The van der Waals surface area contributed by atoms with E-state index in [-0.39, 0.29) is 6.04 Å². The van der Waals surface area contributed by atoms with E-state index in [4.69, 9.17) is 11.6 Å². The number of fused-ring (bicyclic) bond motifs is 1. The fourth-order valence-electron chi connectivity index (χ4n) is 2.71. The van der Waals surface area contributed by atoms with Gasteiger partial charge in [-0.15, -0.1) is 11.8 Å². The van der Waals surface area contributed by atoms with Crippen molar-refractivity contribution in [2.45, 2.75) is 12.5 Å². The lowest BCUT2D eigenvalue weighted by Gasteiger charge is -2.28. The topological polar surface area (TPSA) is 27.0 Å². The molecule has 0 spiro atoms. The zero-order valence-electron chi connectivity index (χ0n) is 11.0. The third-order valence-corrected chi connectivity index (χ3v) is 5.00. The first-order valence-corrected chi connectivity index (χ1v) is 7.96. The van der Waals surface area contributed by atoms with E-state index < -0.39 is 0 Å². The molecular weight excluding hydrogens is 288 g/mol. The molecule has 0 saturated carbocycles. The van der Waals surface area contributed by atoms with Gasteiger partial charge in [-0.05, 0) is 22.8 Å². The minimum atomic E-state index is -0.268. The van der Waals surface area contributed by atoms with Crippen molar-refractivity contribution in [3.63, 3.8) is 0 Å². The number of rotatable bonds is 2. The maximum atomic E-state index is 9.60. The summed E-state index contributed by atoms with van der Waals surface area (Å²) in [7, 11) is 0. The van der Waals surface area contributed by atoms with Crippen LogP contribution in [-0.2, 0) is 0 Å². The van der Waals surface area contributed by atoms with Crippen molar-refractivity contribution in [2.75, 3.05) is 13.1 Å². The summed E-state index contributed by atoms with van der Waals surface area (Å²) in [5.41, 5.74) is 0.912. The molecule has 2 aliphatic heterocycles. The predicted molar refractivity (Wildman–Crippen MR) is 84.3 cm³/mol. The second-order valence-electron chi connectivity index (χ2n) is 5.04. The third-order valence-electron chi connectivity index (χ3n) is 3.72. The summed E-state index contributed by atoms with van der Waals surface area (Å²) in [6.45, 7) is 1.78. The molecule has 0 aliphatic carbocycles. The van der Waals surface area contributed by atoms with Crippen molar-refractivity contribution >= 4 is 23.4 Å². The second kappa shape index (κ2) is 6.05. The monoisotopic (exact) mass is 302 g/mol. The lowest BCUT2D eigenvalue weighted by atomic mass is 10.0. The highest BCUT2D eigenvalue weighted by Gasteiger charge is 2.26. The fourth-order valence-corrected chi connectivity index (χ4v) is 3.87. The first kappa shape index (κ1) is 13.8. The average molecular weight is 303 g/mol. The van der Waals surface area contributed by atoms with Crippen LogP contribution in [-0.4, -0.2) is 18.0 Å². The molecule has 3 rings (SSSR count). The van der Waals surface area contributed by atoms with Crippen LogP contribution in [0.4, 0.5) is 0 Å². The molecule has 0 saturated heterocycles. The zero-order valence-corrected chi connectivity index (χ0v) is 12.6. The van der Waals surface area contributed by atoms with Crippen molar-refractivity contribution in [1.29, 1.82) is 5.26 Å². The Bertz CT molecular complexity index is 603. The van der Waals surface area contributed by atoms with E-state index in [9.17, 15) is 5.26 Å². The van der Waals surface area contributed by atoms with Crippen LogP contribution in [0, 0.1) is 17.2 Å². The molecule has 2 heterocycles. The molecule has 20 heavy (non-hydrogen) atoms. The Morgan fingerprint density at radius 3 is 3.05 bits per heavy atom. The first-order chi connectivity index (χ1) is 9.78. The van der Waals surface area contributed by atoms with Crippen molar-refractivity contribution in [3.05, 3.63) is 57.3 Å². The van der Waals surface area contributed by atoms with Crippen molar-refractivity contribution in [2.24, 2.45) is 5.92 Å². The number of nitriles is 1. The molecule has 0 radical (unpaired) electrons.